The van der Waals surface area contributed by atoms with Crippen LogP contribution in [-0.4, -0.2) is 58.4 Å². The van der Waals surface area contributed by atoms with Gasteiger partial charge >= 0.3 is 5.97 Å². The van der Waals surface area contributed by atoms with E-state index in [4.69, 9.17) is 21.1 Å². The Labute approximate surface area is 184 Å². The fourth-order valence-corrected chi connectivity index (χ4v) is 3.74. The standard InChI is InChI=1S/C22H24ClNO7/c1-13(25)17(5-3-2-4-16(26)14-6-8-15(23)9-7-14)30-11-10-18-21(22(28)29)24-19(27)12-20(24)31-18/h6-10,17,20-21H,2-5,11-12H2,1H3,(H,28,29)/b18-10-/t17?,20-,21-/m1/s1. The van der Waals surface area contributed by atoms with E-state index in [1.54, 1.807) is 24.3 Å². The largest absolute Gasteiger partial charge is 0.479 e. The molecule has 1 amide bonds. The van der Waals surface area contributed by atoms with Gasteiger partial charge in [-0.25, -0.2) is 4.79 Å². The number of amides is 1. The minimum atomic E-state index is -1.17. The first-order valence-corrected chi connectivity index (χ1v) is 10.5. The van der Waals surface area contributed by atoms with E-state index >= 15 is 0 Å². The molecule has 1 N–H and O–H groups in total. The Kier molecular flexibility index (Phi) is 7.46. The van der Waals surface area contributed by atoms with Crippen molar-refractivity contribution in [2.24, 2.45) is 0 Å². The molecular weight excluding hydrogens is 426 g/mol. The summed E-state index contributed by atoms with van der Waals surface area (Å²) in [6.45, 7) is 1.41. The first-order valence-electron chi connectivity index (χ1n) is 10.1. The monoisotopic (exact) mass is 449 g/mol. The van der Waals surface area contributed by atoms with Crippen LogP contribution in [0.4, 0.5) is 0 Å². The number of hydrogen-bond acceptors (Lipinski definition) is 6. The Hall–Kier alpha value is -2.71. The number of hydrogen-bond donors (Lipinski definition) is 1. The molecule has 1 aromatic rings. The number of carbonyl (C=O) groups is 4. The number of ketones is 2. The van der Waals surface area contributed by atoms with Crippen molar-refractivity contribution in [1.29, 1.82) is 0 Å². The minimum absolute atomic E-state index is 0.0121. The molecule has 2 saturated heterocycles. The van der Waals surface area contributed by atoms with Crippen molar-refractivity contribution in [1.82, 2.24) is 4.90 Å². The van der Waals surface area contributed by atoms with Gasteiger partial charge in [0.1, 0.15) is 11.9 Å². The van der Waals surface area contributed by atoms with Crippen molar-refractivity contribution in [3.05, 3.63) is 46.7 Å². The van der Waals surface area contributed by atoms with Gasteiger partial charge < -0.3 is 14.6 Å². The van der Waals surface area contributed by atoms with Gasteiger partial charge in [-0.05, 0) is 56.5 Å². The SMILES string of the molecule is CC(=O)C(CCCCC(=O)c1ccc(Cl)cc1)OC/C=C1\O[C@@H]2CC(=O)N2[C@H]1C(=O)O. The number of benzene rings is 1. The van der Waals surface area contributed by atoms with Crippen LogP contribution < -0.4 is 0 Å². The van der Waals surface area contributed by atoms with Gasteiger partial charge in [-0.15, -0.1) is 0 Å². The second-order valence-corrected chi connectivity index (χ2v) is 7.97. The van der Waals surface area contributed by atoms with E-state index in [9.17, 15) is 24.3 Å². The molecule has 3 atom stereocenters. The highest BCUT2D eigenvalue weighted by atomic mass is 35.5. The lowest BCUT2D eigenvalue weighted by atomic mass is 10.0. The van der Waals surface area contributed by atoms with Gasteiger partial charge in [0.15, 0.2) is 23.8 Å². The summed E-state index contributed by atoms with van der Waals surface area (Å²) in [5.74, 6) is -1.42. The average Bonchev–Trinajstić information content (AvgIpc) is 3.02. The lowest BCUT2D eigenvalue weighted by Gasteiger charge is -2.33. The number of Topliss-reactive ketones (excluding diaryl/α,β-unsaturated/α-hetero) is 2. The van der Waals surface area contributed by atoms with E-state index < -0.39 is 24.3 Å². The van der Waals surface area contributed by atoms with E-state index in [1.165, 1.54) is 17.9 Å². The van der Waals surface area contributed by atoms with Gasteiger partial charge in [0.05, 0.1) is 13.0 Å². The van der Waals surface area contributed by atoms with E-state index in [2.05, 4.69) is 0 Å². The molecule has 3 rings (SSSR count). The van der Waals surface area contributed by atoms with E-state index in [-0.39, 0.29) is 36.3 Å². The summed E-state index contributed by atoms with van der Waals surface area (Å²) < 4.78 is 11.1. The summed E-state index contributed by atoms with van der Waals surface area (Å²) in [4.78, 5) is 48.3. The quantitative estimate of drug-likeness (QED) is 0.314. The molecule has 0 saturated carbocycles. The highest BCUT2D eigenvalue weighted by Crippen LogP contribution is 2.36. The molecular formula is C22H24ClNO7. The molecule has 2 heterocycles. The lowest BCUT2D eigenvalue weighted by molar-refractivity contribution is -0.163. The van der Waals surface area contributed by atoms with E-state index in [1.807, 2.05) is 0 Å². The lowest BCUT2D eigenvalue weighted by Crippen LogP contribution is -2.54. The van der Waals surface area contributed by atoms with Crippen LogP contribution in [0.15, 0.2) is 36.1 Å². The molecule has 0 aliphatic carbocycles. The van der Waals surface area contributed by atoms with Crippen LogP contribution in [0.2, 0.25) is 5.02 Å². The molecule has 8 nitrogen and oxygen atoms in total. The maximum absolute atomic E-state index is 12.2. The highest BCUT2D eigenvalue weighted by Gasteiger charge is 2.53. The van der Waals surface area contributed by atoms with Gasteiger partial charge in [0.25, 0.3) is 0 Å². The van der Waals surface area contributed by atoms with Crippen molar-refractivity contribution in [3.63, 3.8) is 0 Å². The fraction of sp³-hybridized carbons (Fsp3) is 0.455. The molecule has 0 bridgehead atoms. The van der Waals surface area contributed by atoms with Crippen LogP contribution in [0.25, 0.3) is 0 Å². The fourth-order valence-electron chi connectivity index (χ4n) is 3.61. The second kappa shape index (κ2) is 10.1. The number of carbonyl (C=O) groups excluding carboxylic acids is 3. The zero-order valence-corrected chi connectivity index (χ0v) is 17.8. The van der Waals surface area contributed by atoms with E-state index in [0.29, 0.717) is 36.3 Å². The van der Waals surface area contributed by atoms with Crippen LogP contribution in [0.3, 0.4) is 0 Å². The van der Waals surface area contributed by atoms with Crippen LogP contribution in [0.5, 0.6) is 0 Å². The van der Waals surface area contributed by atoms with Crippen molar-refractivity contribution >= 4 is 35.0 Å². The van der Waals surface area contributed by atoms with Gasteiger partial charge in [-0.2, -0.15) is 0 Å². The number of carboxylic acids is 1. The molecule has 9 heteroatoms. The number of unbranched alkanes of at least 4 members (excludes halogenated alkanes) is 1. The Morgan fingerprint density at radius 2 is 2.00 bits per heavy atom. The first-order chi connectivity index (χ1) is 14.8. The topological polar surface area (TPSA) is 110 Å². The number of rotatable bonds is 11. The molecule has 166 valence electrons. The number of β-lactam (4-membered cyclic amide) rings is 1. The summed E-state index contributed by atoms with van der Waals surface area (Å²) in [7, 11) is 0. The molecule has 1 unspecified atom stereocenters. The molecule has 0 radical (unpaired) electrons. The molecule has 0 spiro atoms. The average molecular weight is 450 g/mol. The number of carboxylic acid groups (broad SMARTS) is 1. The van der Waals surface area contributed by atoms with Gasteiger partial charge in [0, 0.05) is 17.0 Å². The predicted molar refractivity (Wildman–Crippen MR) is 111 cm³/mol. The van der Waals surface area contributed by atoms with Gasteiger partial charge in [-0.3, -0.25) is 19.3 Å². The summed E-state index contributed by atoms with van der Waals surface area (Å²) in [6, 6.07) is 5.57. The number of ether oxygens (including phenoxy) is 2. The Bertz CT molecular complexity index is 896. The summed E-state index contributed by atoms with van der Waals surface area (Å²) in [6.07, 6.45) is 2.46. The second-order valence-electron chi connectivity index (χ2n) is 7.53. The van der Waals surface area contributed by atoms with Crippen molar-refractivity contribution in [3.8, 4) is 0 Å². The van der Waals surface area contributed by atoms with Crippen molar-refractivity contribution in [2.75, 3.05) is 6.61 Å². The third-order valence-electron chi connectivity index (χ3n) is 5.32. The highest BCUT2D eigenvalue weighted by molar-refractivity contribution is 6.30. The normalized spacial score (nSPS) is 21.9. The van der Waals surface area contributed by atoms with Crippen molar-refractivity contribution < 1.29 is 33.8 Å². The smallest absolute Gasteiger partial charge is 0.334 e. The number of fused-ring (bicyclic) bond motifs is 1. The third-order valence-corrected chi connectivity index (χ3v) is 5.57. The zero-order chi connectivity index (χ0) is 22.5. The number of aliphatic carboxylic acids is 1. The number of halogens is 1. The van der Waals surface area contributed by atoms with E-state index in [0.717, 1.165) is 0 Å². The Balaban J connectivity index is 1.45. The molecule has 2 aliphatic rings. The minimum Gasteiger partial charge on any atom is -0.479 e. The molecule has 0 aromatic heterocycles. The predicted octanol–water partition coefficient (Wildman–Crippen LogP) is 2.98. The summed E-state index contributed by atoms with van der Waals surface area (Å²) in [5, 5.41) is 9.93. The summed E-state index contributed by atoms with van der Waals surface area (Å²) in [5.41, 5.74) is 0.600. The van der Waals surface area contributed by atoms with Crippen molar-refractivity contribution in [2.45, 2.75) is 57.4 Å². The molecule has 1 aromatic carbocycles. The first kappa shape index (κ1) is 23.0. The zero-order valence-electron chi connectivity index (χ0n) is 17.1. The number of nitrogens with zero attached hydrogens (tertiary/aromatic N) is 1. The maximum Gasteiger partial charge on any atom is 0.334 e. The third kappa shape index (κ3) is 5.51. The van der Waals surface area contributed by atoms with Gasteiger partial charge in [-0.1, -0.05) is 11.6 Å². The van der Waals surface area contributed by atoms with Crippen LogP contribution in [-0.2, 0) is 23.9 Å². The molecule has 2 aliphatic heterocycles. The maximum atomic E-state index is 12.2. The van der Waals surface area contributed by atoms with Crippen LogP contribution in [0.1, 0.15) is 49.4 Å². The van der Waals surface area contributed by atoms with Gasteiger partial charge in [0.2, 0.25) is 5.91 Å². The summed E-state index contributed by atoms with van der Waals surface area (Å²) >= 11 is 5.82. The Morgan fingerprint density at radius 1 is 1.29 bits per heavy atom. The van der Waals surface area contributed by atoms with Crippen LogP contribution >= 0.6 is 11.6 Å². The molecule has 2 fully saturated rings. The Morgan fingerprint density at radius 3 is 2.61 bits per heavy atom. The van der Waals surface area contributed by atoms with Crippen LogP contribution in [0, 0.1) is 0 Å². The molecule has 31 heavy (non-hydrogen) atoms.